The molecule has 1 aromatic heterocycles. The maximum Gasteiger partial charge on any atom is 0.410 e. The summed E-state index contributed by atoms with van der Waals surface area (Å²) in [5.74, 6) is 0.971. The highest BCUT2D eigenvalue weighted by Crippen LogP contribution is 2.32. The molecular formula is C21H25N3O3. The summed E-state index contributed by atoms with van der Waals surface area (Å²) in [6.07, 6.45) is 3.58. The lowest BCUT2D eigenvalue weighted by Gasteiger charge is -2.28. The lowest BCUT2D eigenvalue weighted by atomic mass is 10.1. The second kappa shape index (κ2) is 8.39. The van der Waals surface area contributed by atoms with E-state index in [9.17, 15) is 4.79 Å². The van der Waals surface area contributed by atoms with E-state index in [4.69, 9.17) is 9.47 Å². The molecule has 1 aromatic carbocycles. The summed E-state index contributed by atoms with van der Waals surface area (Å²) in [5, 5.41) is 0. The molecule has 0 radical (unpaired) electrons. The SMILES string of the molecule is O=C(OCc1ccccc1)N1CCC[C@@H]1c1ccc(N2CCOCC2)nc1. The number of benzene rings is 1. The van der Waals surface area contributed by atoms with Crippen LogP contribution in [0, 0.1) is 0 Å². The number of likely N-dealkylation sites (tertiary alicyclic amines) is 1. The van der Waals surface area contributed by atoms with E-state index in [2.05, 4.69) is 16.0 Å². The molecule has 1 atom stereocenters. The molecule has 1 amide bonds. The van der Waals surface area contributed by atoms with Crippen LogP contribution in [0.15, 0.2) is 48.7 Å². The van der Waals surface area contributed by atoms with E-state index in [1.807, 2.05) is 47.5 Å². The number of carbonyl (C=O) groups excluding carboxylic acids is 1. The molecule has 2 saturated heterocycles. The van der Waals surface area contributed by atoms with E-state index >= 15 is 0 Å². The number of rotatable bonds is 4. The minimum absolute atomic E-state index is 0.0412. The van der Waals surface area contributed by atoms with E-state index in [1.165, 1.54) is 0 Å². The summed E-state index contributed by atoms with van der Waals surface area (Å²) in [4.78, 5) is 21.3. The molecule has 0 unspecified atom stereocenters. The van der Waals surface area contributed by atoms with E-state index in [-0.39, 0.29) is 12.1 Å². The number of anilines is 1. The first-order valence-corrected chi connectivity index (χ1v) is 9.57. The number of pyridine rings is 1. The van der Waals surface area contributed by atoms with Crippen molar-refractivity contribution >= 4 is 11.9 Å². The van der Waals surface area contributed by atoms with E-state index in [0.717, 1.165) is 62.6 Å². The molecule has 6 heteroatoms. The summed E-state index contributed by atoms with van der Waals surface area (Å²) in [7, 11) is 0. The molecule has 4 rings (SSSR count). The Bertz CT molecular complexity index is 745. The maximum absolute atomic E-state index is 12.6. The largest absolute Gasteiger partial charge is 0.445 e. The average molecular weight is 367 g/mol. The van der Waals surface area contributed by atoms with Crippen LogP contribution >= 0.6 is 0 Å². The van der Waals surface area contributed by atoms with E-state index in [1.54, 1.807) is 0 Å². The van der Waals surface area contributed by atoms with Gasteiger partial charge in [-0.05, 0) is 30.0 Å². The van der Waals surface area contributed by atoms with Crippen molar-refractivity contribution in [3.63, 3.8) is 0 Å². The Morgan fingerprint density at radius 1 is 1.11 bits per heavy atom. The minimum Gasteiger partial charge on any atom is -0.445 e. The molecule has 3 heterocycles. The monoisotopic (exact) mass is 367 g/mol. The quantitative estimate of drug-likeness (QED) is 0.829. The molecule has 6 nitrogen and oxygen atoms in total. The van der Waals surface area contributed by atoms with Crippen molar-refractivity contribution in [2.45, 2.75) is 25.5 Å². The Hall–Kier alpha value is -2.60. The molecule has 0 N–H and O–H groups in total. The zero-order valence-electron chi connectivity index (χ0n) is 15.4. The molecule has 2 fully saturated rings. The van der Waals surface area contributed by atoms with Gasteiger partial charge in [-0.2, -0.15) is 0 Å². The van der Waals surface area contributed by atoms with Crippen LogP contribution in [0.5, 0.6) is 0 Å². The number of ether oxygens (including phenoxy) is 2. The van der Waals surface area contributed by atoms with Crippen LogP contribution in [0.4, 0.5) is 10.6 Å². The zero-order valence-corrected chi connectivity index (χ0v) is 15.4. The van der Waals surface area contributed by atoms with Gasteiger partial charge in [-0.15, -0.1) is 0 Å². The van der Waals surface area contributed by atoms with Gasteiger partial charge in [0.25, 0.3) is 0 Å². The highest BCUT2D eigenvalue weighted by molar-refractivity contribution is 5.68. The number of nitrogens with zero attached hydrogens (tertiary/aromatic N) is 3. The lowest BCUT2D eigenvalue weighted by molar-refractivity contribution is 0.0920. The van der Waals surface area contributed by atoms with E-state index in [0.29, 0.717) is 6.61 Å². The van der Waals surface area contributed by atoms with Crippen molar-refractivity contribution in [1.82, 2.24) is 9.88 Å². The minimum atomic E-state index is -0.251. The van der Waals surface area contributed by atoms with Crippen LogP contribution in [0.25, 0.3) is 0 Å². The van der Waals surface area contributed by atoms with Gasteiger partial charge < -0.3 is 19.3 Å². The first kappa shape index (κ1) is 17.8. The van der Waals surface area contributed by atoms with Crippen molar-refractivity contribution < 1.29 is 14.3 Å². The number of hydrogen-bond acceptors (Lipinski definition) is 5. The van der Waals surface area contributed by atoms with Gasteiger partial charge in [-0.3, -0.25) is 0 Å². The molecule has 2 aliphatic rings. The number of carbonyl (C=O) groups is 1. The van der Waals surface area contributed by atoms with E-state index < -0.39 is 0 Å². The Labute approximate surface area is 159 Å². The summed E-state index contributed by atoms with van der Waals surface area (Å²) >= 11 is 0. The number of hydrogen-bond donors (Lipinski definition) is 0. The fourth-order valence-corrected chi connectivity index (χ4v) is 3.71. The Morgan fingerprint density at radius 2 is 1.93 bits per heavy atom. The summed E-state index contributed by atoms with van der Waals surface area (Å²) in [6.45, 7) is 4.25. The van der Waals surface area contributed by atoms with Crippen LogP contribution in [0.2, 0.25) is 0 Å². The molecule has 27 heavy (non-hydrogen) atoms. The van der Waals surface area contributed by atoms with Gasteiger partial charge in [0.2, 0.25) is 0 Å². The highest BCUT2D eigenvalue weighted by atomic mass is 16.6. The van der Waals surface area contributed by atoms with Crippen molar-refractivity contribution in [3.05, 3.63) is 59.8 Å². The average Bonchev–Trinajstić information content (AvgIpc) is 3.24. The smallest absolute Gasteiger partial charge is 0.410 e. The Morgan fingerprint density at radius 3 is 2.67 bits per heavy atom. The second-order valence-electron chi connectivity index (χ2n) is 6.94. The molecular weight excluding hydrogens is 342 g/mol. The van der Waals surface area contributed by atoms with Crippen molar-refractivity contribution in [3.8, 4) is 0 Å². The van der Waals surface area contributed by atoms with Gasteiger partial charge in [0.05, 0.1) is 19.3 Å². The standard InChI is InChI=1S/C21H25N3O3/c25-21(27-16-17-5-2-1-3-6-17)24-10-4-7-19(24)18-8-9-20(22-15-18)23-11-13-26-14-12-23/h1-3,5-6,8-9,15,19H,4,7,10-14,16H2/t19-/m1/s1. The van der Waals surface area contributed by atoms with Gasteiger partial charge in [0.1, 0.15) is 12.4 Å². The topological polar surface area (TPSA) is 54.9 Å². The Kier molecular flexibility index (Phi) is 5.53. The van der Waals surface area contributed by atoms with Gasteiger partial charge >= 0.3 is 6.09 Å². The van der Waals surface area contributed by atoms with Crippen molar-refractivity contribution in [1.29, 1.82) is 0 Å². The van der Waals surface area contributed by atoms with Crippen molar-refractivity contribution in [2.75, 3.05) is 37.7 Å². The molecule has 2 aromatic rings. The summed E-state index contributed by atoms with van der Waals surface area (Å²) in [5.41, 5.74) is 2.07. The third-order valence-electron chi connectivity index (χ3n) is 5.18. The molecule has 0 aliphatic carbocycles. The van der Waals surface area contributed by atoms with Crippen LogP contribution in [-0.2, 0) is 16.1 Å². The van der Waals surface area contributed by atoms with Gasteiger partial charge in [0.15, 0.2) is 0 Å². The first-order valence-electron chi connectivity index (χ1n) is 9.57. The molecule has 2 aliphatic heterocycles. The molecule has 0 spiro atoms. The van der Waals surface area contributed by atoms with Gasteiger partial charge in [-0.25, -0.2) is 9.78 Å². The molecule has 0 bridgehead atoms. The highest BCUT2D eigenvalue weighted by Gasteiger charge is 2.31. The number of aromatic nitrogens is 1. The van der Waals surface area contributed by atoms with Crippen LogP contribution < -0.4 is 4.90 Å². The fourth-order valence-electron chi connectivity index (χ4n) is 3.71. The maximum atomic E-state index is 12.6. The molecule has 142 valence electrons. The lowest BCUT2D eigenvalue weighted by Crippen LogP contribution is -2.36. The van der Waals surface area contributed by atoms with Crippen LogP contribution in [-0.4, -0.2) is 48.8 Å². The van der Waals surface area contributed by atoms with Crippen LogP contribution in [0.1, 0.15) is 30.0 Å². The first-order chi connectivity index (χ1) is 13.3. The van der Waals surface area contributed by atoms with Gasteiger partial charge in [-0.1, -0.05) is 36.4 Å². The predicted molar refractivity (Wildman–Crippen MR) is 103 cm³/mol. The number of morpholine rings is 1. The predicted octanol–water partition coefficient (Wildman–Crippen LogP) is 3.39. The Balaban J connectivity index is 1.39. The van der Waals surface area contributed by atoms with Gasteiger partial charge in [0, 0.05) is 25.8 Å². The third-order valence-corrected chi connectivity index (χ3v) is 5.18. The molecule has 0 saturated carbocycles. The third kappa shape index (κ3) is 4.22. The summed E-state index contributed by atoms with van der Waals surface area (Å²) < 4.78 is 10.9. The zero-order chi connectivity index (χ0) is 18.5. The summed E-state index contributed by atoms with van der Waals surface area (Å²) in [6, 6.07) is 14.0. The second-order valence-corrected chi connectivity index (χ2v) is 6.94. The normalized spacial score (nSPS) is 19.9. The van der Waals surface area contributed by atoms with Crippen molar-refractivity contribution in [2.24, 2.45) is 0 Å². The number of amides is 1. The fraction of sp³-hybridized carbons (Fsp3) is 0.429. The van der Waals surface area contributed by atoms with Crippen LogP contribution in [0.3, 0.4) is 0 Å².